The Morgan fingerprint density at radius 3 is 2.47 bits per heavy atom. The van der Waals surface area contributed by atoms with Gasteiger partial charge in [-0.05, 0) is 48.9 Å². The van der Waals surface area contributed by atoms with Crippen LogP contribution >= 0.6 is 34.5 Å². The molecular formula is C21H21Cl2N5O2S2. The molecule has 0 atom stereocenters. The van der Waals surface area contributed by atoms with Gasteiger partial charge in [0.25, 0.3) is 10.0 Å². The molecule has 7 nitrogen and oxygen atoms in total. The van der Waals surface area contributed by atoms with Crippen LogP contribution in [-0.4, -0.2) is 50.3 Å². The molecule has 0 radical (unpaired) electrons. The number of nitrogens with one attached hydrogen (secondary N) is 2. The van der Waals surface area contributed by atoms with Crippen LogP contribution in [0, 0.1) is 12.3 Å². The molecule has 1 aliphatic rings. The fraction of sp³-hybridized carbons (Fsp3) is 0.238. The van der Waals surface area contributed by atoms with Crippen molar-refractivity contribution in [1.29, 1.82) is 5.41 Å². The normalized spacial score (nSPS) is 14.5. The molecule has 4 rings (SSSR count). The lowest BCUT2D eigenvalue weighted by molar-refractivity contribution is 0.384. The maximum atomic E-state index is 12.6. The third-order valence-corrected chi connectivity index (χ3v) is 8.17. The van der Waals surface area contributed by atoms with E-state index in [0.29, 0.717) is 39.7 Å². The highest BCUT2D eigenvalue weighted by Gasteiger charge is 2.23. The van der Waals surface area contributed by atoms with Gasteiger partial charge in [-0.2, -0.15) is 0 Å². The SMILES string of the molecule is Cc1cc(S(=O)(=O)Nc2nccs2)ccc1C(=N)N1CCN(c2ccc(Cl)c(Cl)c2)CC1. The molecular weight excluding hydrogens is 489 g/mol. The summed E-state index contributed by atoms with van der Waals surface area (Å²) in [6.45, 7) is 4.64. The number of anilines is 2. The molecule has 168 valence electrons. The van der Waals surface area contributed by atoms with Crippen molar-refractivity contribution < 1.29 is 8.42 Å². The van der Waals surface area contributed by atoms with Gasteiger partial charge in [-0.3, -0.25) is 10.1 Å². The second-order valence-electron chi connectivity index (χ2n) is 7.34. The lowest BCUT2D eigenvalue weighted by atomic mass is 10.1. The molecule has 1 fully saturated rings. The van der Waals surface area contributed by atoms with Crippen LogP contribution in [0.15, 0.2) is 52.9 Å². The van der Waals surface area contributed by atoms with E-state index in [1.54, 1.807) is 29.8 Å². The van der Waals surface area contributed by atoms with Crippen LogP contribution < -0.4 is 9.62 Å². The fourth-order valence-electron chi connectivity index (χ4n) is 3.56. The van der Waals surface area contributed by atoms with E-state index in [9.17, 15) is 8.42 Å². The van der Waals surface area contributed by atoms with Gasteiger partial charge in [-0.1, -0.05) is 23.2 Å². The van der Waals surface area contributed by atoms with Crippen LogP contribution in [0.2, 0.25) is 10.0 Å². The van der Waals surface area contributed by atoms with Gasteiger partial charge in [0.05, 0.1) is 14.9 Å². The van der Waals surface area contributed by atoms with Gasteiger partial charge in [0.2, 0.25) is 0 Å². The predicted octanol–water partition coefficient (Wildman–Crippen LogP) is 4.71. The third-order valence-electron chi connectivity index (χ3n) is 5.28. The molecule has 2 heterocycles. The van der Waals surface area contributed by atoms with Crippen LogP contribution in [-0.2, 0) is 10.0 Å². The molecule has 1 aliphatic heterocycles. The van der Waals surface area contributed by atoms with Gasteiger partial charge in [0, 0.05) is 49.0 Å². The van der Waals surface area contributed by atoms with Crippen LogP contribution in [0.1, 0.15) is 11.1 Å². The standard InChI is InChI=1S/C21H21Cl2N5O2S2/c1-14-12-16(32(29,30)26-21-25-6-11-31-21)3-4-17(14)20(24)28-9-7-27(8-10-28)15-2-5-18(22)19(23)13-15/h2-6,11-13,24H,7-10H2,1H3,(H,25,26). The van der Waals surface area contributed by atoms with Crippen LogP contribution in [0.5, 0.6) is 0 Å². The first-order chi connectivity index (χ1) is 15.2. The van der Waals surface area contributed by atoms with Crippen molar-refractivity contribution in [2.45, 2.75) is 11.8 Å². The van der Waals surface area contributed by atoms with E-state index in [2.05, 4.69) is 14.6 Å². The highest BCUT2D eigenvalue weighted by Crippen LogP contribution is 2.28. The number of aromatic nitrogens is 1. The van der Waals surface area contributed by atoms with E-state index in [1.807, 2.05) is 24.0 Å². The van der Waals surface area contributed by atoms with Gasteiger partial charge in [-0.25, -0.2) is 13.4 Å². The maximum absolute atomic E-state index is 12.6. The molecule has 0 aliphatic carbocycles. The van der Waals surface area contributed by atoms with Crippen LogP contribution in [0.25, 0.3) is 0 Å². The largest absolute Gasteiger partial charge is 0.368 e. The lowest BCUT2D eigenvalue weighted by Crippen LogP contribution is -2.49. The molecule has 2 aromatic carbocycles. The molecule has 0 unspecified atom stereocenters. The number of hydrogen-bond acceptors (Lipinski definition) is 6. The summed E-state index contributed by atoms with van der Waals surface area (Å²) in [4.78, 5) is 8.31. The van der Waals surface area contributed by atoms with E-state index in [4.69, 9.17) is 28.6 Å². The molecule has 3 aromatic rings. The second-order valence-corrected chi connectivity index (χ2v) is 10.7. The van der Waals surface area contributed by atoms with E-state index in [1.165, 1.54) is 17.4 Å². The number of hydrogen-bond donors (Lipinski definition) is 2. The maximum Gasteiger partial charge on any atom is 0.263 e. The number of piperazine rings is 1. The van der Waals surface area contributed by atoms with E-state index >= 15 is 0 Å². The van der Waals surface area contributed by atoms with E-state index < -0.39 is 10.0 Å². The molecule has 1 aromatic heterocycles. The zero-order chi connectivity index (χ0) is 22.9. The monoisotopic (exact) mass is 509 g/mol. The quantitative estimate of drug-likeness (QED) is 0.384. The predicted molar refractivity (Wildman–Crippen MR) is 131 cm³/mol. The Morgan fingerprint density at radius 2 is 1.84 bits per heavy atom. The van der Waals surface area contributed by atoms with Crippen molar-refractivity contribution in [3.05, 3.63) is 69.1 Å². The van der Waals surface area contributed by atoms with E-state index in [0.717, 1.165) is 24.3 Å². The zero-order valence-electron chi connectivity index (χ0n) is 17.2. The van der Waals surface area contributed by atoms with Crippen molar-refractivity contribution in [2.24, 2.45) is 0 Å². The average Bonchev–Trinajstić information content (AvgIpc) is 3.27. The Bertz CT molecular complexity index is 1240. The van der Waals surface area contributed by atoms with Crippen molar-refractivity contribution >= 4 is 61.2 Å². The van der Waals surface area contributed by atoms with Crippen molar-refractivity contribution in [1.82, 2.24) is 9.88 Å². The number of thiazole rings is 1. The molecule has 0 saturated carbocycles. The molecule has 0 spiro atoms. The Kier molecular flexibility index (Phi) is 6.62. The minimum atomic E-state index is -3.73. The van der Waals surface area contributed by atoms with Gasteiger partial charge >= 0.3 is 0 Å². The summed E-state index contributed by atoms with van der Waals surface area (Å²) in [7, 11) is -3.73. The lowest BCUT2D eigenvalue weighted by Gasteiger charge is -2.37. The molecule has 0 bridgehead atoms. The summed E-state index contributed by atoms with van der Waals surface area (Å²) in [6, 6.07) is 10.4. The van der Waals surface area contributed by atoms with E-state index in [-0.39, 0.29) is 4.90 Å². The summed E-state index contributed by atoms with van der Waals surface area (Å²) in [5.41, 5.74) is 2.44. The average molecular weight is 510 g/mol. The first-order valence-corrected chi connectivity index (χ1v) is 12.9. The van der Waals surface area contributed by atoms with Crippen molar-refractivity contribution in [2.75, 3.05) is 35.8 Å². The van der Waals surface area contributed by atoms with Gasteiger partial charge in [0.1, 0.15) is 5.84 Å². The molecule has 0 amide bonds. The van der Waals surface area contributed by atoms with Crippen molar-refractivity contribution in [3.63, 3.8) is 0 Å². The zero-order valence-corrected chi connectivity index (χ0v) is 20.3. The highest BCUT2D eigenvalue weighted by molar-refractivity contribution is 7.93. The number of aryl methyl sites for hydroxylation is 1. The fourth-order valence-corrected chi connectivity index (χ4v) is 5.72. The summed E-state index contributed by atoms with van der Waals surface area (Å²) in [5.74, 6) is 0.383. The Balaban J connectivity index is 1.44. The van der Waals surface area contributed by atoms with Gasteiger partial charge in [-0.15, -0.1) is 11.3 Å². The van der Waals surface area contributed by atoms with Crippen LogP contribution in [0.4, 0.5) is 10.8 Å². The summed E-state index contributed by atoms with van der Waals surface area (Å²) >= 11 is 13.4. The number of benzene rings is 2. The van der Waals surface area contributed by atoms with Crippen LogP contribution in [0.3, 0.4) is 0 Å². The smallest absolute Gasteiger partial charge is 0.263 e. The number of nitrogens with zero attached hydrogens (tertiary/aromatic N) is 3. The first kappa shape index (κ1) is 22.8. The van der Waals surface area contributed by atoms with Gasteiger partial charge < -0.3 is 9.80 Å². The number of halogens is 2. The number of sulfonamides is 1. The minimum Gasteiger partial charge on any atom is -0.368 e. The van der Waals surface area contributed by atoms with Gasteiger partial charge in [0.15, 0.2) is 5.13 Å². The number of rotatable bonds is 5. The third kappa shape index (κ3) is 4.85. The Labute approximate surface area is 201 Å². The molecule has 1 saturated heterocycles. The first-order valence-electron chi connectivity index (χ1n) is 9.81. The molecule has 2 N–H and O–H groups in total. The summed E-state index contributed by atoms with van der Waals surface area (Å²) in [5, 5.41) is 11.7. The Morgan fingerprint density at radius 1 is 1.09 bits per heavy atom. The Hall–Kier alpha value is -2.33. The number of amidine groups is 1. The second kappa shape index (κ2) is 9.27. The summed E-state index contributed by atoms with van der Waals surface area (Å²) < 4.78 is 27.7. The minimum absolute atomic E-state index is 0.145. The molecule has 11 heteroatoms. The summed E-state index contributed by atoms with van der Waals surface area (Å²) in [6.07, 6.45) is 1.54. The molecule has 32 heavy (non-hydrogen) atoms. The topological polar surface area (TPSA) is 89.4 Å². The highest BCUT2D eigenvalue weighted by atomic mass is 35.5. The van der Waals surface area contributed by atoms with Crippen molar-refractivity contribution in [3.8, 4) is 0 Å².